The highest BCUT2D eigenvalue weighted by Crippen LogP contribution is 2.10. The van der Waals surface area contributed by atoms with E-state index in [1.807, 2.05) is 24.3 Å². The third-order valence-electron chi connectivity index (χ3n) is 2.48. The van der Waals surface area contributed by atoms with Gasteiger partial charge in [-0.3, -0.25) is 15.8 Å². The van der Waals surface area contributed by atoms with E-state index in [0.717, 1.165) is 11.3 Å². The van der Waals surface area contributed by atoms with E-state index in [9.17, 15) is 4.79 Å². The Kier molecular flexibility index (Phi) is 4.71. The number of amides is 2. The standard InChI is InChI=1S/C13H15N5O2/c1-20-11-4-2-10(3-5-11)8-16-13(19)18-17-12-9-14-6-7-15-12/h2-7,9H,8H2,1H3,(H,15,17)(H2,16,18,19). The molecule has 0 aliphatic heterocycles. The van der Waals surface area contributed by atoms with Gasteiger partial charge >= 0.3 is 6.03 Å². The highest BCUT2D eigenvalue weighted by Gasteiger charge is 2.00. The van der Waals surface area contributed by atoms with Crippen LogP contribution in [0.3, 0.4) is 0 Å². The third kappa shape index (κ3) is 4.13. The molecule has 7 heteroatoms. The molecule has 20 heavy (non-hydrogen) atoms. The van der Waals surface area contributed by atoms with E-state index < -0.39 is 0 Å². The van der Waals surface area contributed by atoms with Crippen LogP contribution in [0, 0.1) is 0 Å². The van der Waals surface area contributed by atoms with Gasteiger partial charge in [-0.2, -0.15) is 0 Å². The number of hydrazine groups is 1. The number of nitrogens with one attached hydrogen (secondary N) is 3. The van der Waals surface area contributed by atoms with Crippen molar-refractivity contribution >= 4 is 11.8 Å². The van der Waals surface area contributed by atoms with Gasteiger partial charge in [-0.1, -0.05) is 12.1 Å². The molecule has 0 bridgehead atoms. The summed E-state index contributed by atoms with van der Waals surface area (Å²) in [4.78, 5) is 19.4. The van der Waals surface area contributed by atoms with Crippen molar-refractivity contribution in [3.05, 3.63) is 48.4 Å². The lowest BCUT2D eigenvalue weighted by Gasteiger charge is -2.09. The normalized spacial score (nSPS) is 9.65. The number of urea groups is 1. The van der Waals surface area contributed by atoms with Gasteiger partial charge in [-0.25, -0.2) is 9.78 Å². The van der Waals surface area contributed by atoms with E-state index in [-0.39, 0.29) is 6.03 Å². The highest BCUT2D eigenvalue weighted by molar-refractivity contribution is 5.75. The molecule has 0 saturated heterocycles. The number of ether oxygens (including phenoxy) is 1. The van der Waals surface area contributed by atoms with Crippen LogP contribution in [0.25, 0.3) is 0 Å². The second-order valence-corrected chi connectivity index (χ2v) is 3.87. The molecule has 2 rings (SSSR count). The van der Waals surface area contributed by atoms with Gasteiger partial charge in [0.2, 0.25) is 0 Å². The van der Waals surface area contributed by atoms with Crippen molar-refractivity contribution in [2.75, 3.05) is 12.5 Å². The summed E-state index contributed by atoms with van der Waals surface area (Å²) in [5.41, 5.74) is 6.08. The first-order valence-electron chi connectivity index (χ1n) is 5.97. The van der Waals surface area contributed by atoms with E-state index in [2.05, 4.69) is 26.1 Å². The first kappa shape index (κ1) is 13.6. The van der Waals surface area contributed by atoms with E-state index in [1.54, 1.807) is 13.3 Å². The van der Waals surface area contributed by atoms with Gasteiger partial charge in [0.05, 0.1) is 13.3 Å². The fourth-order valence-corrected chi connectivity index (χ4v) is 1.45. The minimum Gasteiger partial charge on any atom is -0.497 e. The Morgan fingerprint density at radius 2 is 2.05 bits per heavy atom. The molecule has 2 amide bonds. The van der Waals surface area contributed by atoms with Crippen molar-refractivity contribution < 1.29 is 9.53 Å². The van der Waals surface area contributed by atoms with Crippen molar-refractivity contribution in [1.82, 2.24) is 20.7 Å². The minimum atomic E-state index is -0.355. The molecule has 0 unspecified atom stereocenters. The zero-order valence-electron chi connectivity index (χ0n) is 11.0. The second kappa shape index (κ2) is 6.93. The minimum absolute atomic E-state index is 0.355. The summed E-state index contributed by atoms with van der Waals surface area (Å²) < 4.78 is 5.06. The number of methoxy groups -OCH3 is 1. The largest absolute Gasteiger partial charge is 0.497 e. The van der Waals surface area contributed by atoms with Gasteiger partial charge in [-0.05, 0) is 17.7 Å². The molecule has 0 spiro atoms. The van der Waals surface area contributed by atoms with Crippen LogP contribution < -0.4 is 20.9 Å². The molecule has 0 radical (unpaired) electrons. The Morgan fingerprint density at radius 3 is 2.70 bits per heavy atom. The Hall–Kier alpha value is -2.83. The number of nitrogens with zero attached hydrogens (tertiary/aromatic N) is 2. The van der Waals surface area contributed by atoms with Crippen molar-refractivity contribution in [2.24, 2.45) is 0 Å². The average Bonchev–Trinajstić information content (AvgIpc) is 2.52. The second-order valence-electron chi connectivity index (χ2n) is 3.87. The number of hydrogen-bond acceptors (Lipinski definition) is 5. The first-order chi connectivity index (χ1) is 9.78. The van der Waals surface area contributed by atoms with Crippen LogP contribution in [0.4, 0.5) is 10.6 Å². The predicted molar refractivity (Wildman–Crippen MR) is 74.0 cm³/mol. The molecule has 0 aliphatic carbocycles. The zero-order chi connectivity index (χ0) is 14.2. The monoisotopic (exact) mass is 273 g/mol. The van der Waals surface area contributed by atoms with Crippen molar-refractivity contribution in [3.63, 3.8) is 0 Å². The maximum atomic E-state index is 11.6. The fraction of sp³-hybridized carbons (Fsp3) is 0.154. The summed E-state index contributed by atoms with van der Waals surface area (Å²) in [6.45, 7) is 0.415. The number of carbonyl (C=O) groups excluding carboxylic acids is 1. The lowest BCUT2D eigenvalue weighted by Crippen LogP contribution is -2.38. The van der Waals surface area contributed by atoms with Gasteiger partial charge in [0.25, 0.3) is 0 Å². The summed E-state index contributed by atoms with van der Waals surface area (Å²) in [6, 6.07) is 7.09. The summed E-state index contributed by atoms with van der Waals surface area (Å²) in [5, 5.41) is 2.71. The predicted octanol–water partition coefficient (Wildman–Crippen LogP) is 1.31. The van der Waals surface area contributed by atoms with Gasteiger partial charge in [0.15, 0.2) is 5.82 Å². The molecule has 0 aliphatic rings. The molecule has 104 valence electrons. The van der Waals surface area contributed by atoms with E-state index in [0.29, 0.717) is 12.4 Å². The van der Waals surface area contributed by atoms with Gasteiger partial charge < -0.3 is 10.1 Å². The lowest BCUT2D eigenvalue weighted by atomic mass is 10.2. The number of anilines is 1. The molecule has 1 heterocycles. The van der Waals surface area contributed by atoms with Crippen LogP contribution in [-0.4, -0.2) is 23.1 Å². The van der Waals surface area contributed by atoms with Crippen LogP contribution in [0.2, 0.25) is 0 Å². The van der Waals surface area contributed by atoms with Crippen molar-refractivity contribution in [3.8, 4) is 5.75 Å². The first-order valence-corrected chi connectivity index (χ1v) is 5.97. The molecule has 1 aromatic carbocycles. The quantitative estimate of drug-likeness (QED) is 0.715. The summed E-state index contributed by atoms with van der Waals surface area (Å²) in [6.07, 6.45) is 4.58. The third-order valence-corrected chi connectivity index (χ3v) is 2.48. The SMILES string of the molecule is COc1ccc(CNC(=O)NNc2cnccn2)cc1. The maximum Gasteiger partial charge on any atom is 0.333 e. The molecule has 7 nitrogen and oxygen atoms in total. The highest BCUT2D eigenvalue weighted by atomic mass is 16.5. The summed E-state index contributed by atoms with van der Waals surface area (Å²) in [5.74, 6) is 1.25. The molecule has 0 fully saturated rings. The lowest BCUT2D eigenvalue weighted by molar-refractivity contribution is 0.242. The molecular formula is C13H15N5O2. The van der Waals surface area contributed by atoms with E-state index in [1.165, 1.54) is 12.4 Å². The van der Waals surface area contributed by atoms with Gasteiger partial charge in [-0.15, -0.1) is 0 Å². The molecule has 3 N–H and O–H groups in total. The Morgan fingerprint density at radius 1 is 1.25 bits per heavy atom. The maximum absolute atomic E-state index is 11.6. The molecule has 0 atom stereocenters. The molecule has 0 saturated carbocycles. The van der Waals surface area contributed by atoms with Crippen LogP contribution in [-0.2, 0) is 6.54 Å². The average molecular weight is 273 g/mol. The number of benzene rings is 1. The van der Waals surface area contributed by atoms with Crippen molar-refractivity contribution in [1.29, 1.82) is 0 Å². The summed E-state index contributed by atoms with van der Waals surface area (Å²) >= 11 is 0. The van der Waals surface area contributed by atoms with Crippen LogP contribution in [0.5, 0.6) is 5.75 Å². The van der Waals surface area contributed by atoms with Gasteiger partial charge in [0.1, 0.15) is 5.75 Å². The number of hydrogen-bond donors (Lipinski definition) is 3. The number of carbonyl (C=O) groups is 1. The zero-order valence-corrected chi connectivity index (χ0v) is 11.0. The van der Waals surface area contributed by atoms with Gasteiger partial charge in [0, 0.05) is 18.9 Å². The van der Waals surface area contributed by atoms with Crippen LogP contribution in [0.15, 0.2) is 42.9 Å². The number of aromatic nitrogens is 2. The Labute approximate surface area is 116 Å². The van der Waals surface area contributed by atoms with Crippen molar-refractivity contribution in [2.45, 2.75) is 6.54 Å². The van der Waals surface area contributed by atoms with Crippen LogP contribution >= 0.6 is 0 Å². The summed E-state index contributed by atoms with van der Waals surface area (Å²) in [7, 11) is 1.61. The van der Waals surface area contributed by atoms with E-state index in [4.69, 9.17) is 4.74 Å². The Balaban J connectivity index is 1.74. The van der Waals surface area contributed by atoms with Crippen LogP contribution in [0.1, 0.15) is 5.56 Å². The number of rotatable bonds is 5. The molecule has 2 aromatic rings. The smallest absolute Gasteiger partial charge is 0.333 e. The topological polar surface area (TPSA) is 88.2 Å². The van der Waals surface area contributed by atoms with E-state index >= 15 is 0 Å². The molecule has 1 aromatic heterocycles. The molecular weight excluding hydrogens is 258 g/mol. The Bertz CT molecular complexity index is 544. The fourth-order valence-electron chi connectivity index (χ4n) is 1.45.